The fourth-order valence-corrected chi connectivity index (χ4v) is 1.82. The van der Waals surface area contributed by atoms with Gasteiger partial charge in [0.1, 0.15) is 0 Å². The van der Waals surface area contributed by atoms with E-state index in [1.165, 1.54) is 13.0 Å². The van der Waals surface area contributed by atoms with Crippen molar-refractivity contribution in [2.24, 2.45) is 0 Å². The number of nitro benzene ring substituents is 1. The first kappa shape index (κ1) is 15.7. The molecule has 0 heterocycles. The van der Waals surface area contributed by atoms with Crippen LogP contribution in [-0.4, -0.2) is 22.8 Å². The van der Waals surface area contributed by atoms with Gasteiger partial charge in [0.2, 0.25) is 5.75 Å². The van der Waals surface area contributed by atoms with Gasteiger partial charge in [0.15, 0.2) is 6.61 Å². The van der Waals surface area contributed by atoms with Crippen molar-refractivity contribution in [2.45, 2.75) is 19.2 Å². The molecule has 0 aromatic heterocycles. The van der Waals surface area contributed by atoms with Gasteiger partial charge in [-0.3, -0.25) is 10.1 Å². The Morgan fingerprint density at radius 2 is 2.11 bits per heavy atom. The van der Waals surface area contributed by atoms with Gasteiger partial charge in [-0.1, -0.05) is 15.9 Å². The molecule has 1 atom stereocenters. The highest BCUT2D eigenvalue weighted by atomic mass is 79.9. The number of hydrogen-bond donors (Lipinski definition) is 1. The lowest BCUT2D eigenvalue weighted by Gasteiger charge is -2.15. The van der Waals surface area contributed by atoms with Crippen LogP contribution in [0, 0.1) is 10.1 Å². The molecule has 0 aliphatic heterocycles. The number of nitro groups is 1. The van der Waals surface area contributed by atoms with E-state index in [1.54, 1.807) is 0 Å². The van der Waals surface area contributed by atoms with Gasteiger partial charge in [-0.05, 0) is 13.0 Å². The molecule has 0 radical (unpaired) electrons. The van der Waals surface area contributed by atoms with Crippen LogP contribution < -0.4 is 4.74 Å². The van der Waals surface area contributed by atoms with Gasteiger partial charge in [0.05, 0.1) is 11.0 Å². The molecule has 1 aromatic carbocycles. The highest BCUT2D eigenvalue weighted by Crippen LogP contribution is 2.38. The van der Waals surface area contributed by atoms with E-state index in [4.69, 9.17) is 0 Å². The van der Waals surface area contributed by atoms with Crippen LogP contribution in [0.1, 0.15) is 18.6 Å². The second-order valence-electron chi connectivity index (χ2n) is 3.68. The maximum Gasteiger partial charge on any atom is 0.422 e. The highest BCUT2D eigenvalue weighted by molar-refractivity contribution is 9.10. The number of hydrogen-bond acceptors (Lipinski definition) is 4. The Labute approximate surface area is 114 Å². The van der Waals surface area contributed by atoms with Gasteiger partial charge in [0, 0.05) is 16.1 Å². The molecule has 0 bridgehead atoms. The van der Waals surface area contributed by atoms with Crippen molar-refractivity contribution in [3.8, 4) is 5.75 Å². The van der Waals surface area contributed by atoms with Crippen molar-refractivity contribution in [3.05, 3.63) is 32.3 Å². The van der Waals surface area contributed by atoms with Crippen LogP contribution in [0.3, 0.4) is 0 Å². The molecular weight excluding hydrogens is 335 g/mol. The molecule has 0 aliphatic rings. The summed E-state index contributed by atoms with van der Waals surface area (Å²) in [6.45, 7) is -0.402. The first-order chi connectivity index (χ1) is 8.61. The van der Waals surface area contributed by atoms with Gasteiger partial charge in [-0.25, -0.2) is 0 Å². The Bertz CT molecular complexity index is 490. The molecule has 5 nitrogen and oxygen atoms in total. The zero-order chi connectivity index (χ0) is 14.8. The molecule has 1 unspecified atom stereocenters. The summed E-state index contributed by atoms with van der Waals surface area (Å²) in [5.74, 6) is -0.583. The Balaban J connectivity index is 3.27. The standard InChI is InChI=1S/C10H9BrF3NO4/c1-5(16)7-2-6(11)3-8(15(17)18)9(7)19-4-10(12,13)14/h2-3,5,16H,4H2,1H3. The zero-order valence-corrected chi connectivity index (χ0v) is 11.2. The average molecular weight is 344 g/mol. The van der Waals surface area contributed by atoms with Crippen LogP contribution in [0.4, 0.5) is 18.9 Å². The van der Waals surface area contributed by atoms with E-state index in [2.05, 4.69) is 20.7 Å². The SMILES string of the molecule is CC(O)c1cc(Br)cc([N+](=O)[O-])c1OCC(F)(F)F. The molecule has 0 amide bonds. The smallest absolute Gasteiger partial charge is 0.422 e. The second-order valence-corrected chi connectivity index (χ2v) is 4.60. The number of rotatable bonds is 4. The fourth-order valence-electron chi connectivity index (χ4n) is 1.36. The van der Waals surface area contributed by atoms with Gasteiger partial charge in [0.25, 0.3) is 0 Å². The summed E-state index contributed by atoms with van der Waals surface area (Å²) < 4.78 is 41.1. The van der Waals surface area contributed by atoms with Crippen molar-refractivity contribution >= 4 is 21.6 Å². The molecule has 1 N–H and O–H groups in total. The summed E-state index contributed by atoms with van der Waals surface area (Å²) in [4.78, 5) is 9.94. The van der Waals surface area contributed by atoms with Crippen LogP contribution in [0.15, 0.2) is 16.6 Å². The van der Waals surface area contributed by atoms with Crippen LogP contribution in [0.2, 0.25) is 0 Å². The van der Waals surface area contributed by atoms with Crippen molar-refractivity contribution in [3.63, 3.8) is 0 Å². The van der Waals surface area contributed by atoms with Crippen LogP contribution in [0.25, 0.3) is 0 Å². The summed E-state index contributed by atoms with van der Waals surface area (Å²) >= 11 is 2.98. The molecule has 1 rings (SSSR count). The van der Waals surface area contributed by atoms with Crippen LogP contribution in [-0.2, 0) is 0 Å². The van der Waals surface area contributed by atoms with Crippen LogP contribution >= 0.6 is 15.9 Å². The van der Waals surface area contributed by atoms with E-state index in [0.29, 0.717) is 0 Å². The summed E-state index contributed by atoms with van der Waals surface area (Å²) in [7, 11) is 0. The maximum atomic E-state index is 12.1. The van der Waals surface area contributed by atoms with Crippen molar-refractivity contribution in [1.29, 1.82) is 0 Å². The topological polar surface area (TPSA) is 72.6 Å². The van der Waals surface area contributed by atoms with E-state index in [9.17, 15) is 28.4 Å². The number of benzene rings is 1. The largest absolute Gasteiger partial charge is 0.477 e. The molecule has 0 aliphatic carbocycles. The van der Waals surface area contributed by atoms with E-state index in [0.717, 1.165) is 6.07 Å². The van der Waals surface area contributed by atoms with Crippen molar-refractivity contribution < 1.29 is 27.9 Å². The molecular formula is C10H9BrF3NO4. The molecule has 0 fully saturated rings. The van der Waals surface area contributed by atoms with E-state index in [1.807, 2.05) is 0 Å². The predicted octanol–water partition coefficient (Wildman–Crippen LogP) is 3.35. The molecule has 0 saturated heterocycles. The lowest BCUT2D eigenvalue weighted by molar-refractivity contribution is -0.386. The van der Waals surface area contributed by atoms with Crippen molar-refractivity contribution in [1.82, 2.24) is 0 Å². The Kier molecular flexibility index (Phi) is 4.75. The van der Waals surface area contributed by atoms with E-state index >= 15 is 0 Å². The highest BCUT2D eigenvalue weighted by Gasteiger charge is 2.32. The Morgan fingerprint density at radius 1 is 1.53 bits per heavy atom. The first-order valence-electron chi connectivity index (χ1n) is 4.97. The zero-order valence-electron chi connectivity index (χ0n) is 9.57. The number of halogens is 4. The third kappa shape index (κ3) is 4.35. The minimum Gasteiger partial charge on any atom is -0.477 e. The lowest BCUT2D eigenvalue weighted by Crippen LogP contribution is -2.20. The number of aliphatic hydroxyl groups is 1. The summed E-state index contributed by atoms with van der Waals surface area (Å²) in [5.41, 5.74) is -0.736. The van der Waals surface area contributed by atoms with Gasteiger partial charge in [-0.15, -0.1) is 0 Å². The quantitative estimate of drug-likeness (QED) is 0.672. The normalized spacial score (nSPS) is 13.2. The fraction of sp³-hybridized carbons (Fsp3) is 0.400. The number of ether oxygens (including phenoxy) is 1. The molecule has 19 heavy (non-hydrogen) atoms. The molecule has 1 aromatic rings. The average Bonchev–Trinajstić information content (AvgIpc) is 2.24. The van der Waals surface area contributed by atoms with Crippen LogP contribution in [0.5, 0.6) is 5.75 Å². The third-order valence-corrected chi connectivity index (χ3v) is 2.55. The number of nitrogens with zero attached hydrogens (tertiary/aromatic N) is 1. The minimum absolute atomic E-state index is 0.0923. The molecule has 0 saturated carbocycles. The number of aliphatic hydroxyl groups excluding tert-OH is 1. The Morgan fingerprint density at radius 3 is 2.53 bits per heavy atom. The second kappa shape index (κ2) is 5.74. The minimum atomic E-state index is -4.63. The van der Waals surface area contributed by atoms with E-state index in [-0.39, 0.29) is 10.0 Å². The molecule has 106 valence electrons. The monoisotopic (exact) mass is 343 g/mol. The number of alkyl halides is 3. The lowest BCUT2D eigenvalue weighted by atomic mass is 10.1. The molecule has 9 heteroatoms. The van der Waals surface area contributed by atoms with Gasteiger partial charge >= 0.3 is 11.9 Å². The van der Waals surface area contributed by atoms with Gasteiger partial charge in [-0.2, -0.15) is 13.2 Å². The van der Waals surface area contributed by atoms with E-state index < -0.39 is 35.2 Å². The third-order valence-electron chi connectivity index (χ3n) is 2.09. The van der Waals surface area contributed by atoms with Crippen molar-refractivity contribution in [2.75, 3.05) is 6.61 Å². The van der Waals surface area contributed by atoms with Gasteiger partial charge < -0.3 is 9.84 Å². The summed E-state index contributed by atoms with van der Waals surface area (Å²) in [6, 6.07) is 2.28. The summed E-state index contributed by atoms with van der Waals surface area (Å²) in [5, 5.41) is 20.3. The predicted molar refractivity (Wildman–Crippen MR) is 63.0 cm³/mol. The Hall–Kier alpha value is -1.35. The first-order valence-corrected chi connectivity index (χ1v) is 5.76. The summed E-state index contributed by atoms with van der Waals surface area (Å²) in [6.07, 6.45) is -5.84. The maximum absolute atomic E-state index is 12.1. The molecule has 0 spiro atoms.